The van der Waals surface area contributed by atoms with Crippen LogP contribution in [0.2, 0.25) is 0 Å². The Morgan fingerprint density at radius 3 is 2.38 bits per heavy atom. The molecule has 0 aliphatic rings. The molecule has 0 amide bonds. The molecule has 1 N–H and O–H groups in total. The molecule has 0 atom stereocenters. The summed E-state index contributed by atoms with van der Waals surface area (Å²) in [6.45, 7) is -0.409. The van der Waals surface area contributed by atoms with E-state index in [2.05, 4.69) is 0 Å². The lowest BCUT2D eigenvalue weighted by Crippen LogP contribution is -2.25. The summed E-state index contributed by atoms with van der Waals surface area (Å²) in [7, 11) is 1.44. The summed E-state index contributed by atoms with van der Waals surface area (Å²) in [4.78, 5) is 11.6. The van der Waals surface area contributed by atoms with Gasteiger partial charge in [0.2, 0.25) is 0 Å². The van der Waals surface area contributed by atoms with Crippen LogP contribution in [0, 0.1) is 17.5 Å². The highest BCUT2D eigenvalue weighted by molar-refractivity contribution is 5.69. The minimum atomic E-state index is -1.26. The van der Waals surface area contributed by atoms with Crippen LogP contribution in [0.5, 0.6) is 0 Å². The predicted molar refractivity (Wildman–Crippen MR) is 50.3 cm³/mol. The number of benzene rings is 1. The molecular formula is C10H10F3NO2. The Balaban J connectivity index is 2.81. The highest BCUT2D eigenvalue weighted by atomic mass is 19.2. The van der Waals surface area contributed by atoms with E-state index < -0.39 is 23.4 Å². The van der Waals surface area contributed by atoms with E-state index in [-0.39, 0.29) is 18.7 Å². The molecule has 0 spiro atoms. The number of halogens is 3. The molecule has 6 heteroatoms. The van der Waals surface area contributed by atoms with E-state index in [0.29, 0.717) is 6.07 Å². The Labute approximate surface area is 90.1 Å². The highest BCUT2D eigenvalue weighted by Gasteiger charge is 2.12. The van der Waals surface area contributed by atoms with E-state index in [1.54, 1.807) is 0 Å². The quantitative estimate of drug-likeness (QED) is 0.803. The molecule has 1 aromatic carbocycles. The summed E-state index contributed by atoms with van der Waals surface area (Å²) in [5.41, 5.74) is -0.0809. The van der Waals surface area contributed by atoms with Crippen LogP contribution in [0.4, 0.5) is 13.2 Å². The molecule has 0 aliphatic heterocycles. The number of aliphatic carboxylic acids is 1. The first-order valence-corrected chi connectivity index (χ1v) is 4.44. The fourth-order valence-corrected chi connectivity index (χ4v) is 1.26. The number of rotatable bonds is 4. The minimum absolute atomic E-state index is 0.0809. The van der Waals surface area contributed by atoms with Gasteiger partial charge >= 0.3 is 5.97 Å². The lowest BCUT2D eigenvalue weighted by atomic mass is 10.2. The van der Waals surface area contributed by atoms with Crippen molar-refractivity contribution in [2.45, 2.75) is 6.54 Å². The molecule has 16 heavy (non-hydrogen) atoms. The van der Waals surface area contributed by atoms with E-state index in [1.807, 2.05) is 0 Å². The second-order valence-electron chi connectivity index (χ2n) is 3.42. The Morgan fingerprint density at radius 1 is 1.25 bits per heavy atom. The lowest BCUT2D eigenvalue weighted by Gasteiger charge is -2.14. The maximum atomic E-state index is 13.1. The number of hydrogen-bond donors (Lipinski definition) is 1. The van der Waals surface area contributed by atoms with Crippen molar-refractivity contribution in [2.24, 2.45) is 0 Å². The average Bonchev–Trinajstić information content (AvgIpc) is 2.12. The van der Waals surface area contributed by atoms with Crippen LogP contribution in [0.3, 0.4) is 0 Å². The van der Waals surface area contributed by atoms with Gasteiger partial charge in [0.05, 0.1) is 6.54 Å². The van der Waals surface area contributed by atoms with Crippen molar-refractivity contribution in [1.82, 2.24) is 4.90 Å². The molecule has 0 saturated carbocycles. The standard InChI is InChI=1S/C10H10F3NO2/c1-14(5-10(15)16)4-6-2-8(12)9(13)3-7(6)11/h2-3H,4-5H2,1H3,(H,15,16). The molecule has 88 valence electrons. The van der Waals surface area contributed by atoms with Gasteiger partial charge in [0.1, 0.15) is 5.82 Å². The van der Waals surface area contributed by atoms with Gasteiger partial charge in [-0.3, -0.25) is 9.69 Å². The Bertz CT molecular complexity index is 409. The van der Waals surface area contributed by atoms with E-state index in [0.717, 1.165) is 6.07 Å². The van der Waals surface area contributed by atoms with Crippen LogP contribution in [-0.4, -0.2) is 29.6 Å². The lowest BCUT2D eigenvalue weighted by molar-refractivity contribution is -0.138. The van der Waals surface area contributed by atoms with Crippen LogP contribution in [0.15, 0.2) is 12.1 Å². The summed E-state index contributed by atoms with van der Waals surface area (Å²) in [5, 5.41) is 8.46. The molecule has 1 rings (SSSR count). The first kappa shape index (κ1) is 12.5. The first-order valence-electron chi connectivity index (χ1n) is 4.44. The fourth-order valence-electron chi connectivity index (χ4n) is 1.26. The third-order valence-electron chi connectivity index (χ3n) is 1.93. The van der Waals surface area contributed by atoms with Crippen molar-refractivity contribution in [1.29, 1.82) is 0 Å². The van der Waals surface area contributed by atoms with Gasteiger partial charge in [-0.05, 0) is 13.1 Å². The van der Waals surface area contributed by atoms with Gasteiger partial charge in [0.15, 0.2) is 11.6 Å². The second kappa shape index (κ2) is 4.98. The van der Waals surface area contributed by atoms with E-state index >= 15 is 0 Å². The SMILES string of the molecule is CN(CC(=O)O)Cc1cc(F)c(F)cc1F. The van der Waals surface area contributed by atoms with Gasteiger partial charge in [0.25, 0.3) is 0 Å². The zero-order valence-electron chi connectivity index (χ0n) is 8.51. The average molecular weight is 233 g/mol. The van der Waals surface area contributed by atoms with Gasteiger partial charge in [-0.2, -0.15) is 0 Å². The fraction of sp³-hybridized carbons (Fsp3) is 0.300. The number of carboxylic acid groups (broad SMARTS) is 1. The van der Waals surface area contributed by atoms with Crippen LogP contribution in [-0.2, 0) is 11.3 Å². The molecule has 0 saturated heterocycles. The molecule has 3 nitrogen and oxygen atoms in total. The van der Waals surface area contributed by atoms with E-state index in [4.69, 9.17) is 5.11 Å². The van der Waals surface area contributed by atoms with Crippen molar-refractivity contribution in [3.63, 3.8) is 0 Å². The summed E-state index contributed by atoms with van der Waals surface area (Å²) >= 11 is 0. The van der Waals surface area contributed by atoms with Crippen LogP contribution < -0.4 is 0 Å². The molecular weight excluding hydrogens is 223 g/mol. The van der Waals surface area contributed by atoms with Crippen LogP contribution in [0.25, 0.3) is 0 Å². The maximum Gasteiger partial charge on any atom is 0.317 e. The monoisotopic (exact) mass is 233 g/mol. The summed E-state index contributed by atoms with van der Waals surface area (Å²) in [6, 6.07) is 1.17. The third kappa shape index (κ3) is 3.23. The topological polar surface area (TPSA) is 40.5 Å². The third-order valence-corrected chi connectivity index (χ3v) is 1.93. The number of carbonyl (C=O) groups is 1. The van der Waals surface area contributed by atoms with Crippen molar-refractivity contribution in [3.8, 4) is 0 Å². The van der Waals surface area contributed by atoms with Gasteiger partial charge in [-0.1, -0.05) is 0 Å². The van der Waals surface area contributed by atoms with Crippen molar-refractivity contribution in [3.05, 3.63) is 35.1 Å². The second-order valence-corrected chi connectivity index (χ2v) is 3.42. The van der Waals surface area contributed by atoms with Gasteiger partial charge in [0, 0.05) is 18.2 Å². The smallest absolute Gasteiger partial charge is 0.317 e. The van der Waals surface area contributed by atoms with E-state index in [9.17, 15) is 18.0 Å². The van der Waals surface area contributed by atoms with Crippen molar-refractivity contribution in [2.75, 3.05) is 13.6 Å². The van der Waals surface area contributed by atoms with Gasteiger partial charge < -0.3 is 5.11 Å². The zero-order valence-corrected chi connectivity index (χ0v) is 8.51. The number of nitrogens with zero attached hydrogens (tertiary/aromatic N) is 1. The maximum absolute atomic E-state index is 13.1. The molecule has 0 unspecified atom stereocenters. The molecule has 0 aliphatic carbocycles. The number of carboxylic acids is 1. The zero-order chi connectivity index (χ0) is 12.3. The Hall–Kier alpha value is -1.56. The first-order chi connectivity index (χ1) is 7.40. The Morgan fingerprint density at radius 2 is 1.81 bits per heavy atom. The highest BCUT2D eigenvalue weighted by Crippen LogP contribution is 2.14. The predicted octanol–water partition coefficient (Wildman–Crippen LogP) is 1.62. The summed E-state index contributed by atoms with van der Waals surface area (Å²) < 4.78 is 38.5. The van der Waals surface area contributed by atoms with E-state index in [1.165, 1.54) is 11.9 Å². The van der Waals surface area contributed by atoms with Crippen LogP contribution in [0.1, 0.15) is 5.56 Å². The number of hydrogen-bond acceptors (Lipinski definition) is 2. The molecule has 0 bridgehead atoms. The molecule has 0 heterocycles. The van der Waals surface area contributed by atoms with Crippen molar-refractivity contribution < 1.29 is 23.1 Å². The molecule has 0 aromatic heterocycles. The Kier molecular flexibility index (Phi) is 3.89. The van der Waals surface area contributed by atoms with Crippen LogP contribution >= 0.6 is 0 Å². The van der Waals surface area contributed by atoms with Gasteiger partial charge in [-0.25, -0.2) is 13.2 Å². The summed E-state index contributed by atoms with van der Waals surface area (Å²) in [5.74, 6) is -4.39. The molecule has 1 aromatic rings. The largest absolute Gasteiger partial charge is 0.480 e. The molecule has 0 fully saturated rings. The van der Waals surface area contributed by atoms with Crippen molar-refractivity contribution >= 4 is 5.97 Å². The number of likely N-dealkylation sites (N-methyl/N-ethyl adjacent to an activating group) is 1. The molecule has 0 radical (unpaired) electrons. The summed E-state index contributed by atoms with van der Waals surface area (Å²) in [6.07, 6.45) is 0. The minimum Gasteiger partial charge on any atom is -0.480 e. The van der Waals surface area contributed by atoms with Gasteiger partial charge in [-0.15, -0.1) is 0 Å². The normalized spacial score (nSPS) is 10.8.